The number of aromatic nitrogens is 3. The molecule has 9 heteroatoms. The van der Waals surface area contributed by atoms with Crippen molar-refractivity contribution in [1.82, 2.24) is 20.2 Å². The lowest BCUT2D eigenvalue weighted by Crippen LogP contribution is -2.21. The number of nitrogens with one attached hydrogen (secondary N) is 1. The van der Waals surface area contributed by atoms with Gasteiger partial charge in [-0.2, -0.15) is 5.10 Å². The number of halogens is 1. The maximum atomic E-state index is 12.1. The third kappa shape index (κ3) is 6.18. The van der Waals surface area contributed by atoms with Crippen LogP contribution in [0, 0.1) is 0 Å². The van der Waals surface area contributed by atoms with Crippen molar-refractivity contribution in [3.63, 3.8) is 0 Å². The molecule has 3 aromatic rings. The van der Waals surface area contributed by atoms with Gasteiger partial charge in [-0.1, -0.05) is 52.0 Å². The van der Waals surface area contributed by atoms with Gasteiger partial charge in [0, 0.05) is 35.9 Å². The van der Waals surface area contributed by atoms with Gasteiger partial charge >= 0.3 is 0 Å². The minimum Gasteiger partial charge on any atom is -0.372 e. The predicted octanol–water partition coefficient (Wildman–Crippen LogP) is 4.33. The molecule has 162 valence electrons. The lowest BCUT2D eigenvalue weighted by atomic mass is 10.2. The third-order valence-corrected chi connectivity index (χ3v) is 6.24. The number of hydrazone groups is 1. The Morgan fingerprint density at radius 2 is 1.81 bits per heavy atom. The molecule has 0 saturated heterocycles. The van der Waals surface area contributed by atoms with Crippen molar-refractivity contribution < 1.29 is 4.79 Å². The fourth-order valence-electron chi connectivity index (χ4n) is 2.99. The molecule has 0 bridgehead atoms. The summed E-state index contributed by atoms with van der Waals surface area (Å²) in [5.41, 5.74) is 5.63. The Morgan fingerprint density at radius 1 is 1.13 bits per heavy atom. The zero-order valence-electron chi connectivity index (χ0n) is 17.7. The van der Waals surface area contributed by atoms with E-state index < -0.39 is 0 Å². The number of anilines is 1. The summed E-state index contributed by atoms with van der Waals surface area (Å²) in [5.74, 6) is 0.751. The van der Waals surface area contributed by atoms with E-state index in [9.17, 15) is 4.79 Å². The van der Waals surface area contributed by atoms with Gasteiger partial charge in [0.05, 0.1) is 12.0 Å². The first-order chi connectivity index (χ1) is 15.0. The lowest BCUT2D eigenvalue weighted by Gasteiger charge is -2.20. The SMILES string of the molecule is CCN(CC)c1ccc(/C=N\NC(=O)CSc2nnc(-c3ccc(Br)cc3)n2C)cc1. The van der Waals surface area contributed by atoms with E-state index in [1.807, 2.05) is 48.0 Å². The number of thioether (sulfide) groups is 1. The first-order valence-corrected chi connectivity index (χ1v) is 11.7. The molecule has 2 aromatic carbocycles. The van der Waals surface area contributed by atoms with E-state index in [0.29, 0.717) is 5.16 Å². The summed E-state index contributed by atoms with van der Waals surface area (Å²) in [6, 6.07) is 15.9. The van der Waals surface area contributed by atoms with E-state index in [1.54, 1.807) is 6.21 Å². The molecule has 1 aromatic heterocycles. The van der Waals surface area contributed by atoms with Gasteiger partial charge in [0.25, 0.3) is 5.91 Å². The highest BCUT2D eigenvalue weighted by atomic mass is 79.9. The Hall–Kier alpha value is -2.65. The molecule has 0 unspecified atom stereocenters. The van der Waals surface area contributed by atoms with Crippen molar-refractivity contribution in [2.75, 3.05) is 23.7 Å². The lowest BCUT2D eigenvalue weighted by molar-refractivity contribution is -0.118. The van der Waals surface area contributed by atoms with Gasteiger partial charge in [0.15, 0.2) is 11.0 Å². The number of rotatable bonds is 9. The van der Waals surface area contributed by atoms with Crippen LogP contribution in [0.4, 0.5) is 5.69 Å². The van der Waals surface area contributed by atoms with Gasteiger partial charge in [-0.3, -0.25) is 4.79 Å². The standard InChI is InChI=1S/C22H25BrN6OS/c1-4-29(5-2)19-12-6-16(7-13-19)14-24-25-20(30)15-31-22-27-26-21(28(22)3)17-8-10-18(23)11-9-17/h6-14H,4-5,15H2,1-3H3,(H,25,30)/b24-14-. The van der Waals surface area contributed by atoms with Crippen molar-refractivity contribution in [3.8, 4) is 11.4 Å². The Bertz CT molecular complexity index is 1030. The monoisotopic (exact) mass is 500 g/mol. The van der Waals surface area contributed by atoms with Crippen molar-refractivity contribution in [1.29, 1.82) is 0 Å². The summed E-state index contributed by atoms with van der Waals surface area (Å²) < 4.78 is 2.88. The summed E-state index contributed by atoms with van der Waals surface area (Å²) >= 11 is 4.75. The fourth-order valence-corrected chi connectivity index (χ4v) is 3.96. The van der Waals surface area contributed by atoms with Crippen molar-refractivity contribution in [3.05, 3.63) is 58.6 Å². The largest absolute Gasteiger partial charge is 0.372 e. The minimum atomic E-state index is -0.200. The molecule has 0 saturated carbocycles. The number of carbonyl (C=O) groups is 1. The Kier molecular flexibility index (Phi) is 8.25. The Labute approximate surface area is 195 Å². The van der Waals surface area contributed by atoms with Crippen LogP contribution < -0.4 is 10.3 Å². The number of hydrogen-bond acceptors (Lipinski definition) is 6. The van der Waals surface area contributed by atoms with Crippen LogP contribution in [0.15, 0.2) is 63.3 Å². The normalized spacial score (nSPS) is 11.1. The van der Waals surface area contributed by atoms with Gasteiger partial charge in [-0.25, -0.2) is 5.43 Å². The van der Waals surface area contributed by atoms with Crippen LogP contribution in [-0.2, 0) is 11.8 Å². The van der Waals surface area contributed by atoms with Crippen molar-refractivity contribution in [2.45, 2.75) is 19.0 Å². The highest BCUT2D eigenvalue weighted by Crippen LogP contribution is 2.23. The van der Waals surface area contributed by atoms with E-state index in [0.717, 1.165) is 34.5 Å². The van der Waals surface area contributed by atoms with Crippen LogP contribution in [0.3, 0.4) is 0 Å². The first-order valence-electron chi connectivity index (χ1n) is 9.96. The third-order valence-electron chi connectivity index (χ3n) is 4.69. The molecular formula is C22H25BrN6OS. The minimum absolute atomic E-state index is 0.199. The number of carbonyl (C=O) groups excluding carboxylic acids is 1. The fraction of sp³-hybridized carbons (Fsp3) is 0.273. The Balaban J connectivity index is 1.51. The summed E-state index contributed by atoms with van der Waals surface area (Å²) in [7, 11) is 1.89. The van der Waals surface area contributed by atoms with Gasteiger partial charge < -0.3 is 9.47 Å². The van der Waals surface area contributed by atoms with Crippen LogP contribution in [0.1, 0.15) is 19.4 Å². The van der Waals surface area contributed by atoms with E-state index in [2.05, 4.69) is 67.5 Å². The summed E-state index contributed by atoms with van der Waals surface area (Å²) in [6.45, 7) is 6.20. The van der Waals surface area contributed by atoms with Crippen LogP contribution >= 0.6 is 27.7 Å². The van der Waals surface area contributed by atoms with Crippen molar-refractivity contribution in [2.24, 2.45) is 12.1 Å². The average molecular weight is 501 g/mol. The number of hydrogen-bond donors (Lipinski definition) is 1. The summed E-state index contributed by atoms with van der Waals surface area (Å²) in [6.07, 6.45) is 1.64. The van der Waals surface area contributed by atoms with E-state index in [-0.39, 0.29) is 11.7 Å². The molecule has 1 heterocycles. The van der Waals surface area contributed by atoms with Gasteiger partial charge in [-0.15, -0.1) is 10.2 Å². The topological polar surface area (TPSA) is 75.4 Å². The van der Waals surface area contributed by atoms with Crippen molar-refractivity contribution >= 4 is 45.5 Å². The van der Waals surface area contributed by atoms with Gasteiger partial charge in [0.1, 0.15) is 0 Å². The van der Waals surface area contributed by atoms with Gasteiger partial charge in [-0.05, 0) is 43.7 Å². The maximum Gasteiger partial charge on any atom is 0.250 e. The van der Waals surface area contributed by atoms with E-state index in [1.165, 1.54) is 17.4 Å². The highest BCUT2D eigenvalue weighted by molar-refractivity contribution is 9.10. The van der Waals surface area contributed by atoms with Crippen LogP contribution in [0.5, 0.6) is 0 Å². The molecule has 0 atom stereocenters. The molecule has 7 nitrogen and oxygen atoms in total. The second kappa shape index (κ2) is 11.1. The van der Waals surface area contributed by atoms with Crippen LogP contribution in [0.2, 0.25) is 0 Å². The zero-order valence-corrected chi connectivity index (χ0v) is 20.2. The van der Waals surface area contributed by atoms with Crippen LogP contribution in [-0.4, -0.2) is 45.7 Å². The zero-order chi connectivity index (χ0) is 22.2. The molecule has 3 rings (SSSR count). The molecule has 0 aliphatic heterocycles. The molecule has 0 spiro atoms. The number of nitrogens with zero attached hydrogens (tertiary/aromatic N) is 5. The molecule has 0 aliphatic rings. The van der Waals surface area contributed by atoms with Crippen LogP contribution in [0.25, 0.3) is 11.4 Å². The van der Waals surface area contributed by atoms with E-state index >= 15 is 0 Å². The van der Waals surface area contributed by atoms with Gasteiger partial charge in [0.2, 0.25) is 0 Å². The molecule has 0 radical (unpaired) electrons. The van der Waals surface area contributed by atoms with E-state index in [4.69, 9.17) is 0 Å². The highest BCUT2D eigenvalue weighted by Gasteiger charge is 2.12. The average Bonchev–Trinajstić information content (AvgIpc) is 3.15. The first kappa shape index (κ1) is 23.0. The molecule has 1 N–H and O–H groups in total. The Morgan fingerprint density at radius 3 is 2.45 bits per heavy atom. The second-order valence-electron chi connectivity index (χ2n) is 6.72. The number of benzene rings is 2. The summed E-state index contributed by atoms with van der Waals surface area (Å²) in [4.78, 5) is 14.4. The molecule has 0 fully saturated rings. The smallest absolute Gasteiger partial charge is 0.250 e. The maximum absolute atomic E-state index is 12.1. The summed E-state index contributed by atoms with van der Waals surface area (Å²) in [5, 5.41) is 13.2. The molecular weight excluding hydrogens is 476 g/mol. The predicted molar refractivity (Wildman–Crippen MR) is 131 cm³/mol. The number of amides is 1. The second-order valence-corrected chi connectivity index (χ2v) is 8.58. The quantitative estimate of drug-likeness (QED) is 0.268. The molecule has 31 heavy (non-hydrogen) atoms. The molecule has 0 aliphatic carbocycles. The molecule has 1 amide bonds.